The topological polar surface area (TPSA) is 138 Å². The number of methoxy groups -OCH3 is 1. The Labute approximate surface area is 299 Å². The van der Waals surface area contributed by atoms with E-state index in [1.807, 2.05) is 54.6 Å². The quantitative estimate of drug-likeness (QED) is 0.299. The lowest BCUT2D eigenvalue weighted by atomic mass is 9.74. The van der Waals surface area contributed by atoms with Crippen molar-refractivity contribution < 1.29 is 38.5 Å². The van der Waals surface area contributed by atoms with Gasteiger partial charge < -0.3 is 39.3 Å². The third-order valence-corrected chi connectivity index (χ3v) is 10.5. The van der Waals surface area contributed by atoms with Gasteiger partial charge in [0.2, 0.25) is 11.8 Å². The number of ether oxygens (including phenoxy) is 3. The summed E-state index contributed by atoms with van der Waals surface area (Å²) in [6, 6.07) is 14.1. The summed E-state index contributed by atoms with van der Waals surface area (Å²) >= 11 is 0. The summed E-state index contributed by atoms with van der Waals surface area (Å²) in [4.78, 5) is 62.4. The Balaban J connectivity index is 1.45. The average molecular weight is 701 g/mol. The van der Waals surface area contributed by atoms with Gasteiger partial charge in [-0.25, -0.2) is 0 Å². The first-order chi connectivity index (χ1) is 24.7. The van der Waals surface area contributed by atoms with Gasteiger partial charge in [-0.15, -0.1) is 0 Å². The molecule has 3 amide bonds. The number of nitrogens with one attached hydrogen (secondary N) is 1. The van der Waals surface area contributed by atoms with Gasteiger partial charge in [-0.3, -0.25) is 19.2 Å². The highest BCUT2D eigenvalue weighted by molar-refractivity contribution is 6.05. The number of hydrogen-bond acceptors (Lipinski definition) is 9. The summed E-state index contributed by atoms with van der Waals surface area (Å²) in [7, 11) is 1.51. The standard InChI is InChI=1S/C39H48N4O8/c1-5-41(6-2)27-16-18-28(19-17-27)42-22-12-8-11-15-31(45)40-29(24-49-4)34(26-13-9-7-10-14-26)50-38(48)32-30-20-21-39(51-30)33(32)36(46)43(25(3)23-44)35(39)37(42)47/h7-10,12-14,16-21,25,29-30,32-35,44H,5-6,11,15,22-24H2,1-4H3,(H,40,45)/b12-8-/t25-,29+,30-,32+,33+,34+,35-,39+/m1/s1. The molecule has 12 heteroatoms. The van der Waals surface area contributed by atoms with Crippen molar-refractivity contribution in [3.8, 4) is 0 Å². The minimum absolute atomic E-state index is 0.0611. The van der Waals surface area contributed by atoms with Crippen molar-refractivity contribution in [2.45, 2.75) is 69.5 Å². The predicted octanol–water partition coefficient (Wildman–Crippen LogP) is 3.16. The highest BCUT2D eigenvalue weighted by Gasteiger charge is 2.74. The van der Waals surface area contributed by atoms with Crippen molar-refractivity contribution in [1.82, 2.24) is 10.2 Å². The fourth-order valence-corrected chi connectivity index (χ4v) is 8.03. The molecule has 6 rings (SSSR count). The Morgan fingerprint density at radius 1 is 1.02 bits per heavy atom. The van der Waals surface area contributed by atoms with Gasteiger partial charge in [0.25, 0.3) is 5.91 Å². The molecule has 4 heterocycles. The number of likely N-dealkylation sites (tertiary alicyclic amines) is 1. The Morgan fingerprint density at radius 2 is 1.75 bits per heavy atom. The number of allylic oxidation sites excluding steroid dienone is 1. The number of anilines is 2. The van der Waals surface area contributed by atoms with Crippen LogP contribution in [0, 0.1) is 11.8 Å². The molecule has 2 N–H and O–H groups in total. The fraction of sp³-hybridized carbons (Fsp3) is 0.487. The van der Waals surface area contributed by atoms with Crippen molar-refractivity contribution >= 4 is 35.1 Å². The Morgan fingerprint density at radius 3 is 2.41 bits per heavy atom. The third kappa shape index (κ3) is 6.68. The first kappa shape index (κ1) is 36.3. The van der Waals surface area contributed by atoms with E-state index < -0.39 is 72.2 Å². The number of aliphatic hydroxyl groups excluding tert-OH is 1. The van der Waals surface area contributed by atoms with Gasteiger partial charge in [0.15, 0.2) is 0 Å². The number of nitrogens with zero attached hydrogens (tertiary/aromatic N) is 3. The number of amides is 3. The van der Waals surface area contributed by atoms with Crippen LogP contribution in [0.1, 0.15) is 45.3 Å². The van der Waals surface area contributed by atoms with Crippen LogP contribution >= 0.6 is 0 Å². The zero-order chi connectivity index (χ0) is 36.3. The summed E-state index contributed by atoms with van der Waals surface area (Å²) in [6.45, 7) is 7.30. The molecule has 0 unspecified atom stereocenters. The second-order valence-electron chi connectivity index (χ2n) is 13.5. The number of benzene rings is 2. The van der Waals surface area contributed by atoms with E-state index in [1.165, 1.54) is 12.0 Å². The van der Waals surface area contributed by atoms with Crippen molar-refractivity contribution in [3.63, 3.8) is 0 Å². The van der Waals surface area contributed by atoms with Gasteiger partial charge in [0.1, 0.15) is 23.7 Å². The largest absolute Gasteiger partial charge is 0.455 e. The molecule has 2 aromatic carbocycles. The van der Waals surface area contributed by atoms with Gasteiger partial charge in [-0.1, -0.05) is 54.6 Å². The first-order valence-corrected chi connectivity index (χ1v) is 17.8. The Bertz CT molecular complexity index is 1640. The van der Waals surface area contributed by atoms with Crippen LogP contribution < -0.4 is 15.1 Å². The van der Waals surface area contributed by atoms with Crippen molar-refractivity contribution in [3.05, 3.63) is 84.5 Å². The molecule has 0 aliphatic carbocycles. The van der Waals surface area contributed by atoms with E-state index >= 15 is 4.79 Å². The number of carbonyl (C=O) groups excluding carboxylic acids is 4. The van der Waals surface area contributed by atoms with E-state index in [-0.39, 0.29) is 25.5 Å². The molecule has 0 radical (unpaired) electrons. The van der Waals surface area contributed by atoms with E-state index in [9.17, 15) is 19.5 Å². The highest BCUT2D eigenvalue weighted by Crippen LogP contribution is 2.56. The molecular formula is C39H48N4O8. The number of aliphatic hydroxyl groups is 1. The maximum Gasteiger partial charge on any atom is 0.313 e. The number of fused-ring (bicyclic) bond motifs is 2. The SMILES string of the molecule is CCN(CC)c1ccc(N2C/C=C\CCC(=O)N[C@@H](COC)[C@H](c3ccccc3)OC(=O)[C@@H]3[C@H]4C(=O)N([C@H](C)CO)[C@H](C2=O)[C@]42C=C[C@H]3O2)cc1. The molecular weight excluding hydrogens is 652 g/mol. The molecule has 51 heavy (non-hydrogen) atoms. The smallest absolute Gasteiger partial charge is 0.313 e. The molecule has 0 aromatic heterocycles. The van der Waals surface area contributed by atoms with Crippen molar-refractivity contribution in [1.29, 1.82) is 0 Å². The van der Waals surface area contributed by atoms with Gasteiger partial charge >= 0.3 is 5.97 Å². The van der Waals surface area contributed by atoms with Crippen molar-refractivity contribution in [2.75, 3.05) is 49.8 Å². The number of cyclic esters (lactones) is 1. The summed E-state index contributed by atoms with van der Waals surface area (Å²) in [5.41, 5.74) is 0.798. The summed E-state index contributed by atoms with van der Waals surface area (Å²) in [6.07, 6.45) is 5.95. The summed E-state index contributed by atoms with van der Waals surface area (Å²) < 4.78 is 18.3. The van der Waals surface area contributed by atoms with Gasteiger partial charge in [0, 0.05) is 44.5 Å². The normalized spacial score (nSPS) is 30.6. The Kier molecular flexibility index (Phi) is 10.9. The number of esters is 1. The second kappa shape index (κ2) is 15.4. The molecule has 4 aliphatic heterocycles. The zero-order valence-electron chi connectivity index (χ0n) is 29.6. The maximum atomic E-state index is 15.0. The summed E-state index contributed by atoms with van der Waals surface area (Å²) in [5, 5.41) is 13.4. The maximum absolute atomic E-state index is 15.0. The second-order valence-corrected chi connectivity index (χ2v) is 13.5. The van der Waals surface area contributed by atoms with Crippen LogP contribution in [0.5, 0.6) is 0 Å². The van der Waals surface area contributed by atoms with E-state index in [0.29, 0.717) is 17.7 Å². The lowest BCUT2D eigenvalue weighted by Gasteiger charge is -2.38. The predicted molar refractivity (Wildman–Crippen MR) is 191 cm³/mol. The zero-order valence-corrected chi connectivity index (χ0v) is 29.6. The molecule has 0 saturated carbocycles. The average Bonchev–Trinajstić information content (AvgIpc) is 3.79. The van der Waals surface area contributed by atoms with Gasteiger partial charge in [0.05, 0.1) is 37.3 Å². The lowest BCUT2D eigenvalue weighted by molar-refractivity contribution is -0.162. The van der Waals surface area contributed by atoms with E-state index in [4.69, 9.17) is 14.2 Å². The molecule has 12 nitrogen and oxygen atoms in total. The van der Waals surface area contributed by atoms with E-state index in [1.54, 1.807) is 36.1 Å². The number of rotatable bonds is 9. The van der Waals surface area contributed by atoms with Crippen LogP contribution in [-0.4, -0.2) is 103 Å². The van der Waals surface area contributed by atoms with Crippen LogP contribution in [-0.2, 0) is 33.4 Å². The number of hydrogen-bond donors (Lipinski definition) is 2. The summed E-state index contributed by atoms with van der Waals surface area (Å²) in [5.74, 6) is -3.96. The van der Waals surface area contributed by atoms with Crippen molar-refractivity contribution in [2.24, 2.45) is 11.8 Å². The molecule has 2 aromatic rings. The van der Waals surface area contributed by atoms with E-state index in [0.717, 1.165) is 18.8 Å². The molecule has 272 valence electrons. The molecule has 1 spiro atoms. The number of carbonyl (C=O) groups is 4. The molecule has 2 fully saturated rings. The molecule has 5 bridgehead atoms. The lowest BCUT2D eigenvalue weighted by Crippen LogP contribution is -2.58. The Hall–Kier alpha value is -4.52. The minimum atomic E-state index is -1.47. The first-order valence-electron chi connectivity index (χ1n) is 17.8. The van der Waals surface area contributed by atoms with Crippen LogP contribution in [0.2, 0.25) is 0 Å². The van der Waals surface area contributed by atoms with Gasteiger partial charge in [-0.05, 0) is 57.0 Å². The fourth-order valence-electron chi connectivity index (χ4n) is 8.03. The van der Waals surface area contributed by atoms with Crippen LogP contribution in [0.25, 0.3) is 0 Å². The monoisotopic (exact) mass is 700 g/mol. The van der Waals surface area contributed by atoms with Crippen LogP contribution in [0.15, 0.2) is 78.9 Å². The van der Waals surface area contributed by atoms with E-state index in [2.05, 4.69) is 24.1 Å². The van der Waals surface area contributed by atoms with Crippen LogP contribution in [0.4, 0.5) is 11.4 Å². The molecule has 2 saturated heterocycles. The molecule has 4 aliphatic rings. The van der Waals surface area contributed by atoms with Gasteiger partial charge in [-0.2, -0.15) is 0 Å². The molecule has 8 atom stereocenters. The minimum Gasteiger partial charge on any atom is -0.455 e. The highest BCUT2D eigenvalue weighted by atomic mass is 16.6. The third-order valence-electron chi connectivity index (χ3n) is 10.5. The van der Waals surface area contributed by atoms with Crippen LogP contribution in [0.3, 0.4) is 0 Å².